The third-order valence-corrected chi connectivity index (χ3v) is 4.85. The molecule has 0 saturated carbocycles. The standard InChI is InChI=1S/C22H22N6O4/c1-3-17(29)24-10-12-32-16-7-6-15-18(19(16)31-2)26-22(28-11-9-25-20(15)28)27-21(30)14-5-4-8-23-13-14/h3-8,13H,1,9-12H2,2H3,(H,24,29)(H,26,27,30). The van der Waals surface area contributed by atoms with E-state index in [4.69, 9.17) is 9.47 Å². The highest BCUT2D eigenvalue weighted by Crippen LogP contribution is 2.43. The zero-order valence-electron chi connectivity index (χ0n) is 17.5. The number of amidine groups is 1. The second-order valence-electron chi connectivity index (χ2n) is 6.82. The van der Waals surface area contributed by atoms with Gasteiger partial charge in [0.1, 0.15) is 18.1 Å². The second kappa shape index (κ2) is 9.29. The largest absolute Gasteiger partial charge is 0.491 e. The summed E-state index contributed by atoms with van der Waals surface area (Å²) in [6, 6.07) is 7.01. The Labute approximate surface area is 184 Å². The molecule has 10 heteroatoms. The topological polar surface area (TPSA) is 118 Å². The molecule has 3 heterocycles. The summed E-state index contributed by atoms with van der Waals surface area (Å²) in [7, 11) is 1.52. The van der Waals surface area contributed by atoms with Crippen LogP contribution in [0.4, 0.5) is 5.69 Å². The Hall–Kier alpha value is -4.21. The Bertz CT molecular complexity index is 1110. The summed E-state index contributed by atoms with van der Waals surface area (Å²) in [4.78, 5) is 39.1. The van der Waals surface area contributed by atoms with Crippen molar-refractivity contribution in [2.75, 3.05) is 33.4 Å². The molecule has 2 N–H and O–H groups in total. The predicted molar refractivity (Wildman–Crippen MR) is 119 cm³/mol. The van der Waals surface area contributed by atoms with Crippen molar-refractivity contribution in [3.8, 4) is 11.5 Å². The highest BCUT2D eigenvalue weighted by atomic mass is 16.5. The number of methoxy groups -OCH3 is 1. The summed E-state index contributed by atoms with van der Waals surface area (Å²) in [5, 5.41) is 5.50. The van der Waals surface area contributed by atoms with Gasteiger partial charge in [-0.3, -0.25) is 29.8 Å². The number of amides is 2. The number of fused-ring (bicyclic) bond motifs is 3. The first-order chi connectivity index (χ1) is 15.6. The number of aliphatic imine (C=N–C) groups is 2. The van der Waals surface area contributed by atoms with Gasteiger partial charge in [0.15, 0.2) is 11.5 Å². The van der Waals surface area contributed by atoms with Gasteiger partial charge in [-0.2, -0.15) is 0 Å². The molecule has 0 unspecified atom stereocenters. The van der Waals surface area contributed by atoms with Gasteiger partial charge in [0, 0.05) is 24.5 Å². The van der Waals surface area contributed by atoms with Gasteiger partial charge in [0.05, 0.1) is 25.8 Å². The van der Waals surface area contributed by atoms with E-state index in [1.54, 1.807) is 24.4 Å². The van der Waals surface area contributed by atoms with E-state index in [0.29, 0.717) is 54.2 Å². The molecule has 0 spiro atoms. The Kier molecular flexibility index (Phi) is 6.11. The highest BCUT2D eigenvalue weighted by Gasteiger charge is 2.33. The van der Waals surface area contributed by atoms with Crippen molar-refractivity contribution in [2.45, 2.75) is 0 Å². The van der Waals surface area contributed by atoms with E-state index in [1.807, 2.05) is 11.0 Å². The normalized spacial score (nSPS) is 13.8. The molecule has 10 nitrogen and oxygen atoms in total. The van der Waals surface area contributed by atoms with Gasteiger partial charge >= 0.3 is 0 Å². The molecule has 32 heavy (non-hydrogen) atoms. The number of aromatic nitrogens is 1. The molecule has 0 aliphatic carbocycles. The number of nitrogens with zero attached hydrogens (tertiary/aromatic N) is 4. The zero-order chi connectivity index (χ0) is 22.5. The van der Waals surface area contributed by atoms with Gasteiger partial charge in [-0.25, -0.2) is 4.99 Å². The summed E-state index contributed by atoms with van der Waals surface area (Å²) < 4.78 is 11.4. The molecule has 164 valence electrons. The van der Waals surface area contributed by atoms with Crippen LogP contribution in [0.3, 0.4) is 0 Å². The van der Waals surface area contributed by atoms with E-state index in [2.05, 4.69) is 32.2 Å². The molecule has 0 radical (unpaired) electrons. The van der Waals surface area contributed by atoms with Crippen molar-refractivity contribution in [1.29, 1.82) is 0 Å². The fourth-order valence-electron chi connectivity index (χ4n) is 3.38. The van der Waals surface area contributed by atoms with Crippen LogP contribution in [-0.2, 0) is 4.79 Å². The number of guanidine groups is 1. The molecular formula is C22H22N6O4. The van der Waals surface area contributed by atoms with Crippen LogP contribution in [0.15, 0.2) is 59.3 Å². The molecular weight excluding hydrogens is 412 g/mol. The molecule has 1 aromatic carbocycles. The third kappa shape index (κ3) is 4.15. The number of ether oxygens (including phenoxy) is 2. The SMILES string of the molecule is C=CC(=O)NCCOc1ccc2c(c1OC)N=C(NC(=O)c1cccnc1)N1CCN=C21. The fourth-order valence-corrected chi connectivity index (χ4v) is 3.38. The Morgan fingerprint density at radius 3 is 2.94 bits per heavy atom. The molecule has 0 bridgehead atoms. The second-order valence-corrected chi connectivity index (χ2v) is 6.82. The van der Waals surface area contributed by atoms with Gasteiger partial charge < -0.3 is 14.8 Å². The Morgan fingerprint density at radius 2 is 2.19 bits per heavy atom. The van der Waals surface area contributed by atoms with E-state index in [-0.39, 0.29) is 18.4 Å². The Balaban J connectivity index is 1.62. The molecule has 0 fully saturated rings. The molecule has 1 aromatic heterocycles. The number of pyridine rings is 1. The average molecular weight is 434 g/mol. The van der Waals surface area contributed by atoms with Gasteiger partial charge in [0.2, 0.25) is 11.9 Å². The first-order valence-electron chi connectivity index (χ1n) is 9.99. The molecule has 0 saturated heterocycles. The third-order valence-electron chi connectivity index (χ3n) is 4.85. The first kappa shape index (κ1) is 21.0. The summed E-state index contributed by atoms with van der Waals surface area (Å²) >= 11 is 0. The molecule has 2 aromatic rings. The minimum absolute atomic E-state index is 0.232. The number of nitrogens with one attached hydrogen (secondary N) is 2. The lowest BCUT2D eigenvalue weighted by molar-refractivity contribution is -0.116. The molecule has 2 aliphatic rings. The van der Waals surface area contributed by atoms with Gasteiger partial charge in [0.25, 0.3) is 5.91 Å². The van der Waals surface area contributed by atoms with E-state index < -0.39 is 0 Å². The van der Waals surface area contributed by atoms with Crippen molar-refractivity contribution in [3.63, 3.8) is 0 Å². The molecule has 4 rings (SSSR count). The van der Waals surface area contributed by atoms with Crippen molar-refractivity contribution >= 4 is 29.3 Å². The van der Waals surface area contributed by atoms with E-state index in [0.717, 1.165) is 5.56 Å². The number of rotatable bonds is 7. The number of hydrogen-bond acceptors (Lipinski definition) is 8. The van der Waals surface area contributed by atoms with Crippen molar-refractivity contribution in [2.24, 2.45) is 9.98 Å². The maximum absolute atomic E-state index is 12.7. The van der Waals surface area contributed by atoms with Gasteiger partial charge in [-0.05, 0) is 30.3 Å². The summed E-state index contributed by atoms with van der Waals surface area (Å²) in [6.07, 6.45) is 4.29. The maximum atomic E-state index is 12.7. The van der Waals surface area contributed by atoms with Crippen LogP contribution in [0.25, 0.3) is 0 Å². The zero-order valence-corrected chi connectivity index (χ0v) is 17.5. The Morgan fingerprint density at radius 1 is 1.31 bits per heavy atom. The van der Waals surface area contributed by atoms with E-state index >= 15 is 0 Å². The summed E-state index contributed by atoms with van der Waals surface area (Å²) in [5.74, 6) is 1.35. The number of benzene rings is 1. The van der Waals surface area contributed by atoms with Crippen LogP contribution in [0.5, 0.6) is 11.5 Å². The minimum Gasteiger partial charge on any atom is -0.491 e. The van der Waals surface area contributed by atoms with Crippen LogP contribution < -0.4 is 20.1 Å². The first-order valence-corrected chi connectivity index (χ1v) is 9.99. The van der Waals surface area contributed by atoms with Crippen LogP contribution in [-0.4, -0.2) is 66.8 Å². The van der Waals surface area contributed by atoms with E-state index in [9.17, 15) is 9.59 Å². The van der Waals surface area contributed by atoms with Crippen LogP contribution in [0.1, 0.15) is 15.9 Å². The van der Waals surface area contributed by atoms with Crippen molar-refractivity contribution in [3.05, 3.63) is 60.4 Å². The van der Waals surface area contributed by atoms with Crippen LogP contribution in [0.2, 0.25) is 0 Å². The van der Waals surface area contributed by atoms with Crippen LogP contribution in [0, 0.1) is 0 Å². The number of carbonyl (C=O) groups excluding carboxylic acids is 2. The number of carbonyl (C=O) groups is 2. The summed E-state index contributed by atoms with van der Waals surface area (Å²) in [5.41, 5.74) is 1.72. The fraction of sp³-hybridized carbons (Fsp3) is 0.227. The number of hydrogen-bond donors (Lipinski definition) is 2. The average Bonchev–Trinajstić information content (AvgIpc) is 3.32. The van der Waals surface area contributed by atoms with Gasteiger partial charge in [-0.1, -0.05) is 6.58 Å². The van der Waals surface area contributed by atoms with Crippen molar-refractivity contribution in [1.82, 2.24) is 20.5 Å². The predicted octanol–water partition coefficient (Wildman–Crippen LogP) is 1.26. The van der Waals surface area contributed by atoms with Crippen molar-refractivity contribution < 1.29 is 19.1 Å². The highest BCUT2D eigenvalue weighted by molar-refractivity contribution is 6.20. The van der Waals surface area contributed by atoms with Crippen LogP contribution >= 0.6 is 0 Å². The molecule has 0 atom stereocenters. The smallest absolute Gasteiger partial charge is 0.259 e. The quantitative estimate of drug-likeness (QED) is 0.501. The summed E-state index contributed by atoms with van der Waals surface area (Å²) in [6.45, 7) is 5.13. The minimum atomic E-state index is -0.323. The van der Waals surface area contributed by atoms with Gasteiger partial charge in [-0.15, -0.1) is 0 Å². The maximum Gasteiger partial charge on any atom is 0.259 e. The molecule has 2 amide bonds. The monoisotopic (exact) mass is 434 g/mol. The van der Waals surface area contributed by atoms with E-state index in [1.165, 1.54) is 19.4 Å². The lowest BCUT2D eigenvalue weighted by Gasteiger charge is -2.28. The lowest BCUT2D eigenvalue weighted by Crippen LogP contribution is -2.47. The lowest BCUT2D eigenvalue weighted by atomic mass is 10.1. The molecule has 2 aliphatic heterocycles.